The average molecular weight is 371 g/mol. The van der Waals surface area contributed by atoms with E-state index in [0.29, 0.717) is 12.0 Å². The largest absolute Gasteiger partial charge is 0.491 e. The van der Waals surface area contributed by atoms with Crippen molar-refractivity contribution in [3.8, 4) is 5.75 Å². The molecule has 0 unspecified atom stereocenters. The Morgan fingerprint density at radius 1 is 1.27 bits per heavy atom. The third-order valence-electron chi connectivity index (χ3n) is 6.36. The van der Waals surface area contributed by atoms with Crippen molar-refractivity contribution in [2.45, 2.75) is 57.2 Å². The second-order valence-corrected chi connectivity index (χ2v) is 9.44. The van der Waals surface area contributed by atoms with Crippen molar-refractivity contribution in [2.24, 2.45) is 5.92 Å². The number of nitrogens with zero attached hydrogens (tertiary/aromatic N) is 1. The van der Waals surface area contributed by atoms with Crippen LogP contribution in [-0.2, 0) is 0 Å². The number of rotatable bonds is 4. The van der Waals surface area contributed by atoms with Gasteiger partial charge in [0.2, 0.25) is 0 Å². The van der Waals surface area contributed by atoms with Gasteiger partial charge in [-0.05, 0) is 88.2 Å². The number of carbonyl (C=O) groups excluding carboxylic acids is 1. The smallest absolute Gasteiger partial charge is 0.261 e. The SMILES string of the molecule is CC(C)Oc1ccc2cc(C(=O)N[C@@H]3C4CCN(CC4)C34CC4)sc2c1. The van der Waals surface area contributed by atoms with Gasteiger partial charge in [0.15, 0.2) is 0 Å². The van der Waals surface area contributed by atoms with Crippen LogP contribution in [0.1, 0.15) is 49.2 Å². The normalized spacial score (nSPS) is 28.7. The van der Waals surface area contributed by atoms with Crippen molar-refractivity contribution in [1.29, 1.82) is 0 Å². The minimum Gasteiger partial charge on any atom is -0.491 e. The molecule has 1 atom stereocenters. The lowest BCUT2D eigenvalue weighted by atomic mass is 9.77. The van der Waals surface area contributed by atoms with Crippen molar-refractivity contribution >= 4 is 27.3 Å². The maximum Gasteiger partial charge on any atom is 0.261 e. The molecule has 1 saturated carbocycles. The van der Waals surface area contributed by atoms with E-state index in [0.717, 1.165) is 20.7 Å². The number of fused-ring (bicyclic) bond motifs is 3. The first-order chi connectivity index (χ1) is 12.5. The molecule has 1 amide bonds. The maximum absolute atomic E-state index is 13.0. The fourth-order valence-electron chi connectivity index (χ4n) is 5.00. The number of hydrogen-bond donors (Lipinski definition) is 1. The van der Waals surface area contributed by atoms with E-state index in [-0.39, 0.29) is 17.6 Å². The van der Waals surface area contributed by atoms with Crippen molar-refractivity contribution in [2.75, 3.05) is 13.1 Å². The topological polar surface area (TPSA) is 41.6 Å². The van der Waals surface area contributed by atoms with E-state index < -0.39 is 0 Å². The summed E-state index contributed by atoms with van der Waals surface area (Å²) in [5, 5.41) is 4.54. The summed E-state index contributed by atoms with van der Waals surface area (Å²) in [6.07, 6.45) is 5.11. The third kappa shape index (κ3) is 2.64. The van der Waals surface area contributed by atoms with E-state index in [1.807, 2.05) is 32.0 Å². The second-order valence-electron chi connectivity index (χ2n) is 8.36. The van der Waals surface area contributed by atoms with Gasteiger partial charge in [0.25, 0.3) is 5.91 Å². The van der Waals surface area contributed by atoms with Crippen LogP contribution < -0.4 is 10.1 Å². The Bertz CT molecular complexity index is 847. The van der Waals surface area contributed by atoms with Crippen LogP contribution in [0.3, 0.4) is 0 Å². The van der Waals surface area contributed by atoms with Gasteiger partial charge in [-0.3, -0.25) is 9.69 Å². The number of amides is 1. The summed E-state index contributed by atoms with van der Waals surface area (Å²) in [4.78, 5) is 16.4. The number of thiophene rings is 1. The molecule has 4 fully saturated rings. The lowest BCUT2D eigenvalue weighted by molar-refractivity contribution is -0.00138. The number of nitrogens with one attached hydrogen (secondary N) is 1. The van der Waals surface area contributed by atoms with Gasteiger partial charge in [-0.25, -0.2) is 0 Å². The van der Waals surface area contributed by atoms with Crippen LogP contribution in [0, 0.1) is 5.92 Å². The van der Waals surface area contributed by atoms with Gasteiger partial charge < -0.3 is 10.1 Å². The molecule has 4 heterocycles. The molecule has 0 radical (unpaired) electrons. The highest BCUT2D eigenvalue weighted by Gasteiger charge is 2.60. The molecule has 1 aromatic heterocycles. The standard InChI is InChI=1S/C21H26N2O2S/c1-13(2)25-16-4-3-15-11-18(26-17(15)12-16)20(24)22-19-14-5-9-23(10-6-14)21(19)7-8-21/h3-4,11-14,19H,5-10H2,1-2H3,(H,22,24)/t19-/m1/s1. The van der Waals surface area contributed by atoms with Gasteiger partial charge in [-0.2, -0.15) is 0 Å². The Hall–Kier alpha value is -1.59. The molecule has 4 aliphatic rings. The highest BCUT2D eigenvalue weighted by Crippen LogP contribution is 2.53. The molecule has 2 bridgehead atoms. The van der Waals surface area contributed by atoms with Gasteiger partial charge in [-0.1, -0.05) is 0 Å². The first kappa shape index (κ1) is 16.6. The van der Waals surface area contributed by atoms with Crippen LogP contribution in [0.25, 0.3) is 10.1 Å². The highest BCUT2D eigenvalue weighted by molar-refractivity contribution is 7.20. The van der Waals surface area contributed by atoms with Gasteiger partial charge >= 0.3 is 0 Å². The first-order valence-electron chi connectivity index (χ1n) is 9.81. The zero-order chi connectivity index (χ0) is 17.9. The van der Waals surface area contributed by atoms with E-state index in [1.165, 1.54) is 38.8 Å². The lowest BCUT2D eigenvalue weighted by Crippen LogP contribution is -2.65. The molecule has 1 N–H and O–H groups in total. The van der Waals surface area contributed by atoms with Crippen LogP contribution in [0.2, 0.25) is 0 Å². The Morgan fingerprint density at radius 2 is 2.04 bits per heavy atom. The maximum atomic E-state index is 13.0. The predicted octanol–water partition coefficient (Wildman–Crippen LogP) is 4.05. The summed E-state index contributed by atoms with van der Waals surface area (Å²) in [7, 11) is 0. The van der Waals surface area contributed by atoms with Crippen molar-refractivity contribution < 1.29 is 9.53 Å². The van der Waals surface area contributed by atoms with Crippen LogP contribution in [-0.4, -0.2) is 41.6 Å². The number of benzene rings is 1. The van der Waals surface area contributed by atoms with Crippen molar-refractivity contribution in [3.05, 3.63) is 29.1 Å². The minimum absolute atomic E-state index is 0.0996. The van der Waals surface area contributed by atoms with Crippen molar-refractivity contribution in [1.82, 2.24) is 10.2 Å². The average Bonchev–Trinajstić information content (AvgIpc) is 3.28. The van der Waals surface area contributed by atoms with E-state index in [4.69, 9.17) is 4.74 Å². The molecule has 3 saturated heterocycles. The van der Waals surface area contributed by atoms with Crippen LogP contribution >= 0.6 is 11.3 Å². The Labute approximate surface area is 158 Å². The molecular weight excluding hydrogens is 344 g/mol. The molecule has 3 aliphatic heterocycles. The number of carbonyl (C=O) groups is 1. The summed E-state index contributed by atoms with van der Waals surface area (Å²) in [6, 6.07) is 8.45. The fourth-order valence-corrected chi connectivity index (χ4v) is 6.00. The molecule has 1 aliphatic carbocycles. The highest BCUT2D eigenvalue weighted by atomic mass is 32.1. The Balaban J connectivity index is 1.37. The van der Waals surface area contributed by atoms with Crippen LogP contribution in [0.15, 0.2) is 24.3 Å². The van der Waals surface area contributed by atoms with Gasteiger partial charge in [0, 0.05) is 10.2 Å². The Kier molecular flexibility index (Phi) is 3.80. The molecule has 1 aromatic carbocycles. The van der Waals surface area contributed by atoms with E-state index in [9.17, 15) is 4.79 Å². The zero-order valence-corrected chi connectivity index (χ0v) is 16.3. The molecule has 2 aromatic rings. The lowest BCUT2D eigenvalue weighted by Gasteiger charge is -2.52. The summed E-state index contributed by atoms with van der Waals surface area (Å²) in [5.41, 5.74) is 0.284. The molecule has 4 nitrogen and oxygen atoms in total. The van der Waals surface area contributed by atoms with E-state index in [2.05, 4.69) is 16.3 Å². The van der Waals surface area contributed by atoms with Crippen LogP contribution in [0.5, 0.6) is 5.75 Å². The molecular formula is C21H26N2O2S. The molecule has 6 rings (SSSR count). The van der Waals surface area contributed by atoms with Gasteiger partial charge in [0.05, 0.1) is 17.0 Å². The summed E-state index contributed by atoms with van der Waals surface area (Å²) in [5.74, 6) is 1.63. The molecule has 138 valence electrons. The number of hydrogen-bond acceptors (Lipinski definition) is 4. The molecule has 26 heavy (non-hydrogen) atoms. The predicted molar refractivity (Wildman–Crippen MR) is 105 cm³/mol. The second kappa shape index (κ2) is 5.96. The first-order valence-corrected chi connectivity index (χ1v) is 10.6. The number of piperidine rings is 3. The zero-order valence-electron chi connectivity index (χ0n) is 15.5. The minimum atomic E-state index is 0.0996. The third-order valence-corrected chi connectivity index (χ3v) is 7.45. The monoisotopic (exact) mass is 370 g/mol. The molecule has 1 spiro atoms. The van der Waals surface area contributed by atoms with Gasteiger partial charge in [0.1, 0.15) is 5.75 Å². The summed E-state index contributed by atoms with van der Waals surface area (Å²) in [6.45, 7) is 6.50. The van der Waals surface area contributed by atoms with Gasteiger partial charge in [-0.15, -0.1) is 11.3 Å². The van der Waals surface area contributed by atoms with E-state index >= 15 is 0 Å². The van der Waals surface area contributed by atoms with Crippen molar-refractivity contribution in [3.63, 3.8) is 0 Å². The summed E-state index contributed by atoms with van der Waals surface area (Å²) < 4.78 is 6.90. The Morgan fingerprint density at radius 3 is 2.73 bits per heavy atom. The van der Waals surface area contributed by atoms with E-state index in [1.54, 1.807) is 11.3 Å². The van der Waals surface area contributed by atoms with Crippen LogP contribution in [0.4, 0.5) is 0 Å². The fraction of sp³-hybridized carbons (Fsp3) is 0.571. The summed E-state index contributed by atoms with van der Waals surface area (Å²) >= 11 is 1.57. The quantitative estimate of drug-likeness (QED) is 0.883. The molecule has 5 heteroatoms. The number of ether oxygens (including phenoxy) is 1.